The highest BCUT2D eigenvalue weighted by Gasteiger charge is 2.27. The first kappa shape index (κ1) is 15.3. The lowest BCUT2D eigenvalue weighted by atomic mass is 9.98. The second-order valence-electron chi connectivity index (χ2n) is 6.44. The van der Waals surface area contributed by atoms with E-state index in [1.165, 1.54) is 29.2 Å². The van der Waals surface area contributed by atoms with Crippen molar-refractivity contribution < 1.29 is 0 Å². The summed E-state index contributed by atoms with van der Waals surface area (Å²) in [6.07, 6.45) is 3.53. The highest BCUT2D eigenvalue weighted by molar-refractivity contribution is 7.80. The molecule has 0 saturated carbocycles. The van der Waals surface area contributed by atoms with Gasteiger partial charge in [0.1, 0.15) is 0 Å². The highest BCUT2D eigenvalue weighted by Crippen LogP contribution is 2.25. The van der Waals surface area contributed by atoms with Crippen molar-refractivity contribution in [3.05, 3.63) is 48.0 Å². The van der Waals surface area contributed by atoms with E-state index >= 15 is 0 Å². The van der Waals surface area contributed by atoms with Crippen molar-refractivity contribution in [2.45, 2.75) is 45.2 Å². The van der Waals surface area contributed by atoms with E-state index in [1.807, 2.05) is 0 Å². The summed E-state index contributed by atoms with van der Waals surface area (Å²) in [5.41, 5.74) is 1.43. The second-order valence-corrected chi connectivity index (χ2v) is 6.82. The maximum absolute atomic E-state index is 5.59. The third kappa shape index (κ3) is 3.25. The Morgan fingerprint density at radius 2 is 2.00 bits per heavy atom. The van der Waals surface area contributed by atoms with Gasteiger partial charge in [-0.25, -0.2) is 0 Å². The van der Waals surface area contributed by atoms with Gasteiger partial charge in [0.05, 0.1) is 0 Å². The van der Waals surface area contributed by atoms with Gasteiger partial charge in [0, 0.05) is 18.6 Å². The molecule has 2 aromatic rings. The second kappa shape index (κ2) is 6.66. The Morgan fingerprint density at radius 3 is 2.82 bits per heavy atom. The molecule has 0 bridgehead atoms. The zero-order valence-corrected chi connectivity index (χ0v) is 14.2. The predicted molar refractivity (Wildman–Crippen MR) is 98.2 cm³/mol. The van der Waals surface area contributed by atoms with Crippen LogP contribution < -0.4 is 5.32 Å². The molecular formula is C19H24N2S. The molecule has 0 radical (unpaired) electrons. The molecule has 2 aromatic carbocycles. The van der Waals surface area contributed by atoms with Crippen LogP contribution in [0.1, 0.15) is 32.3 Å². The maximum Gasteiger partial charge on any atom is 0.169 e. The Morgan fingerprint density at radius 1 is 1.23 bits per heavy atom. The van der Waals surface area contributed by atoms with Gasteiger partial charge < -0.3 is 10.2 Å². The Kier molecular flexibility index (Phi) is 4.63. The molecule has 1 unspecified atom stereocenters. The average Bonchev–Trinajstić information content (AvgIpc) is 2.95. The smallest absolute Gasteiger partial charge is 0.169 e. The molecule has 3 heteroatoms. The fourth-order valence-corrected chi connectivity index (χ4v) is 3.85. The standard InChI is InChI=1S/C19H24N2S/c1-14(2)20-19(22)21-12-6-10-17(21)13-16-9-5-8-15-7-3-4-11-18(15)16/h3-5,7-9,11,14,17H,6,10,12-13H2,1-2H3,(H,20,22). The zero-order valence-electron chi connectivity index (χ0n) is 13.4. The minimum absolute atomic E-state index is 0.395. The van der Waals surface area contributed by atoms with Gasteiger partial charge >= 0.3 is 0 Å². The van der Waals surface area contributed by atoms with E-state index < -0.39 is 0 Å². The lowest BCUT2D eigenvalue weighted by Crippen LogP contribution is -2.45. The molecule has 1 saturated heterocycles. The van der Waals surface area contributed by atoms with Gasteiger partial charge in [-0.1, -0.05) is 42.5 Å². The number of hydrogen-bond donors (Lipinski definition) is 1. The fourth-order valence-electron chi connectivity index (χ4n) is 3.37. The summed E-state index contributed by atoms with van der Waals surface area (Å²) in [4.78, 5) is 2.39. The van der Waals surface area contributed by atoms with Crippen molar-refractivity contribution in [1.29, 1.82) is 0 Å². The van der Waals surface area contributed by atoms with Crippen LogP contribution in [0.15, 0.2) is 42.5 Å². The normalized spacial score (nSPS) is 18.1. The van der Waals surface area contributed by atoms with Gasteiger partial charge in [0.15, 0.2) is 5.11 Å². The number of benzene rings is 2. The van der Waals surface area contributed by atoms with Gasteiger partial charge in [-0.15, -0.1) is 0 Å². The number of rotatable bonds is 3. The Balaban J connectivity index is 1.80. The molecule has 0 aromatic heterocycles. The summed E-state index contributed by atoms with van der Waals surface area (Å²) in [7, 11) is 0. The van der Waals surface area contributed by atoms with Crippen molar-refractivity contribution >= 4 is 28.1 Å². The summed E-state index contributed by atoms with van der Waals surface area (Å²) < 4.78 is 0. The maximum atomic E-state index is 5.59. The minimum atomic E-state index is 0.395. The molecule has 116 valence electrons. The summed E-state index contributed by atoms with van der Waals surface area (Å²) in [5.74, 6) is 0. The van der Waals surface area contributed by atoms with Crippen LogP contribution in [0.4, 0.5) is 0 Å². The molecule has 1 N–H and O–H groups in total. The van der Waals surface area contributed by atoms with Crippen LogP contribution in [-0.4, -0.2) is 28.6 Å². The quantitative estimate of drug-likeness (QED) is 0.858. The molecule has 1 fully saturated rings. The molecular weight excluding hydrogens is 288 g/mol. The number of hydrogen-bond acceptors (Lipinski definition) is 1. The van der Waals surface area contributed by atoms with E-state index in [0.29, 0.717) is 12.1 Å². The van der Waals surface area contributed by atoms with Crippen LogP contribution in [0.2, 0.25) is 0 Å². The van der Waals surface area contributed by atoms with Crippen LogP contribution in [-0.2, 0) is 6.42 Å². The number of likely N-dealkylation sites (tertiary alicyclic amines) is 1. The van der Waals surface area contributed by atoms with Crippen LogP contribution in [0.3, 0.4) is 0 Å². The minimum Gasteiger partial charge on any atom is -0.360 e. The van der Waals surface area contributed by atoms with Gasteiger partial charge in [-0.05, 0) is 61.7 Å². The lowest BCUT2D eigenvalue weighted by molar-refractivity contribution is 0.378. The van der Waals surface area contributed by atoms with Gasteiger partial charge in [-0.3, -0.25) is 0 Å². The molecule has 0 aliphatic carbocycles. The summed E-state index contributed by atoms with van der Waals surface area (Å²) in [5, 5.41) is 7.01. The summed E-state index contributed by atoms with van der Waals surface area (Å²) in [6.45, 7) is 5.36. The van der Waals surface area contributed by atoms with E-state index in [-0.39, 0.29) is 0 Å². The van der Waals surface area contributed by atoms with Crippen LogP contribution in [0.5, 0.6) is 0 Å². The van der Waals surface area contributed by atoms with Gasteiger partial charge in [0.25, 0.3) is 0 Å². The number of fused-ring (bicyclic) bond motifs is 1. The molecule has 1 atom stereocenters. The Bertz CT molecular complexity index is 660. The van der Waals surface area contributed by atoms with Crippen molar-refractivity contribution in [2.24, 2.45) is 0 Å². The summed E-state index contributed by atoms with van der Waals surface area (Å²) >= 11 is 5.59. The molecule has 1 heterocycles. The first-order valence-electron chi connectivity index (χ1n) is 8.19. The fraction of sp³-hybridized carbons (Fsp3) is 0.421. The SMILES string of the molecule is CC(C)NC(=S)N1CCCC1Cc1cccc2ccccc12. The summed E-state index contributed by atoms with van der Waals surface area (Å²) in [6, 6.07) is 16.2. The molecule has 22 heavy (non-hydrogen) atoms. The third-order valence-corrected chi connectivity index (χ3v) is 4.74. The van der Waals surface area contributed by atoms with Crippen molar-refractivity contribution in [3.63, 3.8) is 0 Å². The third-order valence-electron chi connectivity index (χ3n) is 4.39. The van der Waals surface area contributed by atoms with Crippen LogP contribution >= 0.6 is 12.2 Å². The Labute approximate surface area is 138 Å². The molecule has 1 aliphatic rings. The first-order chi connectivity index (χ1) is 10.6. The predicted octanol–water partition coefficient (Wildman–Crippen LogP) is 4.13. The van der Waals surface area contributed by atoms with Gasteiger partial charge in [-0.2, -0.15) is 0 Å². The molecule has 1 aliphatic heterocycles. The van der Waals surface area contributed by atoms with Crippen molar-refractivity contribution in [2.75, 3.05) is 6.54 Å². The van der Waals surface area contributed by atoms with E-state index in [2.05, 4.69) is 66.5 Å². The van der Waals surface area contributed by atoms with E-state index in [9.17, 15) is 0 Å². The molecule has 0 spiro atoms. The van der Waals surface area contributed by atoms with Crippen LogP contribution in [0.25, 0.3) is 10.8 Å². The average molecular weight is 312 g/mol. The number of nitrogens with zero attached hydrogens (tertiary/aromatic N) is 1. The number of thiocarbonyl (C=S) groups is 1. The van der Waals surface area contributed by atoms with Crippen LogP contribution in [0, 0.1) is 0 Å². The van der Waals surface area contributed by atoms with Gasteiger partial charge in [0.2, 0.25) is 0 Å². The lowest BCUT2D eigenvalue weighted by Gasteiger charge is -2.29. The van der Waals surface area contributed by atoms with Crippen molar-refractivity contribution in [1.82, 2.24) is 10.2 Å². The number of nitrogens with one attached hydrogen (secondary N) is 1. The topological polar surface area (TPSA) is 15.3 Å². The molecule has 2 nitrogen and oxygen atoms in total. The van der Waals surface area contributed by atoms with Crippen molar-refractivity contribution in [3.8, 4) is 0 Å². The zero-order chi connectivity index (χ0) is 15.5. The monoisotopic (exact) mass is 312 g/mol. The molecule has 3 rings (SSSR count). The largest absolute Gasteiger partial charge is 0.360 e. The van der Waals surface area contributed by atoms with E-state index in [0.717, 1.165) is 18.1 Å². The Hall–Kier alpha value is -1.61. The van der Waals surface area contributed by atoms with E-state index in [1.54, 1.807) is 0 Å². The highest BCUT2D eigenvalue weighted by atomic mass is 32.1. The van der Waals surface area contributed by atoms with E-state index in [4.69, 9.17) is 12.2 Å². The first-order valence-corrected chi connectivity index (χ1v) is 8.60. The molecule has 0 amide bonds.